The van der Waals surface area contributed by atoms with Crippen LogP contribution >= 0.6 is 0 Å². The highest BCUT2D eigenvalue weighted by atomic mass is 16.1. The molecule has 2 atom stereocenters. The minimum atomic E-state index is -0.0213. The van der Waals surface area contributed by atoms with Gasteiger partial charge in [-0.25, -0.2) is 4.98 Å². The highest BCUT2D eigenvalue weighted by Crippen LogP contribution is 2.16. The maximum Gasteiger partial charge on any atom is 0.255 e. The van der Waals surface area contributed by atoms with Crippen LogP contribution in [0.4, 0.5) is 0 Å². The summed E-state index contributed by atoms with van der Waals surface area (Å²) in [6.07, 6.45) is 3.83. The van der Waals surface area contributed by atoms with Crippen LogP contribution in [0.25, 0.3) is 0 Å². The number of rotatable bonds is 4. The van der Waals surface area contributed by atoms with E-state index in [1.54, 1.807) is 0 Å². The van der Waals surface area contributed by atoms with E-state index in [2.05, 4.69) is 27.2 Å². The van der Waals surface area contributed by atoms with Gasteiger partial charge in [0.25, 0.3) is 5.56 Å². The third kappa shape index (κ3) is 3.46. The van der Waals surface area contributed by atoms with Crippen molar-refractivity contribution in [2.75, 3.05) is 20.1 Å². The van der Waals surface area contributed by atoms with Crippen LogP contribution in [-0.2, 0) is 0 Å². The minimum absolute atomic E-state index is 0.0213. The Bertz CT molecular complexity index is 511. The predicted octanol–water partition coefficient (Wildman–Crippen LogP) is 1.52. The lowest BCUT2D eigenvalue weighted by Gasteiger charge is -2.33. The van der Waals surface area contributed by atoms with Gasteiger partial charge in [0.15, 0.2) is 0 Å². The molecule has 5 heteroatoms. The predicted molar refractivity (Wildman–Crippen MR) is 81.0 cm³/mol. The standard InChI is InChI=1S/C15H26N4O/c1-10(14-11(2)17-12(3)18-15(14)20)16-9-13-7-5-6-8-19(13)4/h10,13,16H,5-9H2,1-4H3,(H,17,18,20). The summed E-state index contributed by atoms with van der Waals surface area (Å²) in [5.74, 6) is 0.676. The summed E-state index contributed by atoms with van der Waals surface area (Å²) in [4.78, 5) is 21.6. The highest BCUT2D eigenvalue weighted by Gasteiger charge is 2.21. The SMILES string of the molecule is Cc1nc(C)c(C(C)NCC2CCCCN2C)c(=O)[nH]1. The van der Waals surface area contributed by atoms with Crippen molar-refractivity contribution in [3.8, 4) is 0 Å². The summed E-state index contributed by atoms with van der Waals surface area (Å²) < 4.78 is 0. The van der Waals surface area contributed by atoms with Gasteiger partial charge in [0.2, 0.25) is 0 Å². The molecular weight excluding hydrogens is 252 g/mol. The van der Waals surface area contributed by atoms with Crippen molar-refractivity contribution in [2.45, 2.75) is 52.1 Å². The number of likely N-dealkylation sites (tertiary alicyclic amines) is 1. The summed E-state index contributed by atoms with van der Waals surface area (Å²) in [5.41, 5.74) is 1.56. The topological polar surface area (TPSA) is 61.0 Å². The summed E-state index contributed by atoms with van der Waals surface area (Å²) in [6.45, 7) is 7.85. The smallest absolute Gasteiger partial charge is 0.255 e. The number of nitrogens with zero attached hydrogens (tertiary/aromatic N) is 2. The van der Waals surface area contributed by atoms with E-state index in [0.717, 1.165) is 17.8 Å². The Morgan fingerprint density at radius 3 is 2.85 bits per heavy atom. The molecule has 1 aliphatic rings. The molecule has 2 rings (SSSR count). The first-order chi connectivity index (χ1) is 9.49. The van der Waals surface area contributed by atoms with Gasteiger partial charge in [-0.15, -0.1) is 0 Å². The Kier molecular flexibility index (Phi) is 4.94. The van der Waals surface area contributed by atoms with Crippen LogP contribution in [0, 0.1) is 13.8 Å². The summed E-state index contributed by atoms with van der Waals surface area (Å²) in [7, 11) is 2.18. The molecule has 1 fully saturated rings. The van der Waals surface area contributed by atoms with Gasteiger partial charge in [0.1, 0.15) is 5.82 Å². The van der Waals surface area contributed by atoms with Crippen LogP contribution < -0.4 is 10.9 Å². The van der Waals surface area contributed by atoms with E-state index in [0.29, 0.717) is 11.9 Å². The van der Waals surface area contributed by atoms with Crippen LogP contribution in [-0.4, -0.2) is 41.0 Å². The van der Waals surface area contributed by atoms with Crippen molar-refractivity contribution in [3.05, 3.63) is 27.4 Å². The van der Waals surface area contributed by atoms with E-state index in [4.69, 9.17) is 0 Å². The summed E-state index contributed by atoms with van der Waals surface area (Å²) >= 11 is 0. The molecule has 2 heterocycles. The van der Waals surface area contributed by atoms with E-state index >= 15 is 0 Å². The van der Waals surface area contributed by atoms with Crippen molar-refractivity contribution in [2.24, 2.45) is 0 Å². The lowest BCUT2D eigenvalue weighted by Crippen LogP contribution is -2.44. The van der Waals surface area contributed by atoms with Gasteiger partial charge in [0, 0.05) is 24.3 Å². The normalized spacial score (nSPS) is 21.9. The zero-order chi connectivity index (χ0) is 14.7. The Morgan fingerprint density at radius 2 is 2.20 bits per heavy atom. The molecule has 2 unspecified atom stereocenters. The molecule has 0 saturated carbocycles. The van der Waals surface area contributed by atoms with Gasteiger partial charge in [-0.2, -0.15) is 0 Å². The van der Waals surface area contributed by atoms with E-state index in [1.165, 1.54) is 25.8 Å². The zero-order valence-corrected chi connectivity index (χ0v) is 13.0. The van der Waals surface area contributed by atoms with Gasteiger partial charge in [-0.1, -0.05) is 6.42 Å². The fourth-order valence-corrected chi connectivity index (χ4v) is 3.06. The molecule has 112 valence electrons. The molecule has 0 radical (unpaired) electrons. The largest absolute Gasteiger partial charge is 0.310 e. The monoisotopic (exact) mass is 278 g/mol. The number of aromatic nitrogens is 2. The molecular formula is C15H26N4O. The van der Waals surface area contributed by atoms with E-state index in [1.807, 2.05) is 20.8 Å². The second-order valence-electron chi connectivity index (χ2n) is 5.91. The van der Waals surface area contributed by atoms with E-state index in [-0.39, 0.29) is 11.6 Å². The molecule has 0 bridgehead atoms. The molecule has 1 saturated heterocycles. The number of aromatic amines is 1. The molecule has 1 aromatic heterocycles. The van der Waals surface area contributed by atoms with Crippen LogP contribution in [0.5, 0.6) is 0 Å². The first-order valence-corrected chi connectivity index (χ1v) is 7.50. The zero-order valence-electron chi connectivity index (χ0n) is 13.0. The third-order valence-electron chi connectivity index (χ3n) is 4.28. The molecule has 1 aromatic rings. The Morgan fingerprint density at radius 1 is 1.45 bits per heavy atom. The molecule has 0 aliphatic carbocycles. The van der Waals surface area contributed by atoms with Crippen molar-refractivity contribution in [1.82, 2.24) is 20.2 Å². The number of hydrogen-bond acceptors (Lipinski definition) is 4. The van der Waals surface area contributed by atoms with Crippen molar-refractivity contribution in [1.29, 1.82) is 0 Å². The van der Waals surface area contributed by atoms with Crippen molar-refractivity contribution >= 4 is 0 Å². The average molecular weight is 278 g/mol. The van der Waals surface area contributed by atoms with Crippen LogP contribution in [0.1, 0.15) is 49.3 Å². The highest BCUT2D eigenvalue weighted by molar-refractivity contribution is 5.20. The van der Waals surface area contributed by atoms with Crippen LogP contribution in [0.2, 0.25) is 0 Å². The van der Waals surface area contributed by atoms with Gasteiger partial charge in [-0.05, 0) is 47.2 Å². The van der Waals surface area contributed by atoms with Crippen LogP contribution in [0.3, 0.4) is 0 Å². The number of hydrogen-bond donors (Lipinski definition) is 2. The fourth-order valence-electron chi connectivity index (χ4n) is 3.06. The Labute approximate surface area is 120 Å². The first-order valence-electron chi connectivity index (χ1n) is 7.50. The number of piperidine rings is 1. The molecule has 0 aromatic carbocycles. The lowest BCUT2D eigenvalue weighted by atomic mass is 10.0. The second kappa shape index (κ2) is 6.50. The summed E-state index contributed by atoms with van der Waals surface area (Å²) in [6, 6.07) is 0.603. The maximum absolute atomic E-state index is 12.1. The second-order valence-corrected chi connectivity index (χ2v) is 5.91. The van der Waals surface area contributed by atoms with Crippen molar-refractivity contribution < 1.29 is 0 Å². The first kappa shape index (κ1) is 15.2. The fraction of sp³-hybridized carbons (Fsp3) is 0.733. The number of aryl methyl sites for hydroxylation is 2. The number of H-pyrrole nitrogens is 1. The molecule has 2 N–H and O–H groups in total. The van der Waals surface area contributed by atoms with E-state index in [9.17, 15) is 4.79 Å². The quantitative estimate of drug-likeness (QED) is 0.876. The molecule has 5 nitrogen and oxygen atoms in total. The number of nitrogens with one attached hydrogen (secondary N) is 2. The lowest BCUT2D eigenvalue weighted by molar-refractivity contribution is 0.178. The third-order valence-corrected chi connectivity index (χ3v) is 4.28. The molecule has 0 spiro atoms. The average Bonchev–Trinajstić information content (AvgIpc) is 2.36. The maximum atomic E-state index is 12.1. The van der Waals surface area contributed by atoms with Gasteiger partial charge >= 0.3 is 0 Å². The van der Waals surface area contributed by atoms with Crippen molar-refractivity contribution in [3.63, 3.8) is 0 Å². The Hall–Kier alpha value is -1.20. The van der Waals surface area contributed by atoms with E-state index < -0.39 is 0 Å². The minimum Gasteiger partial charge on any atom is -0.310 e. The molecule has 0 amide bonds. The number of likely N-dealkylation sites (N-methyl/N-ethyl adjacent to an activating group) is 1. The summed E-state index contributed by atoms with van der Waals surface area (Å²) in [5, 5.41) is 3.50. The van der Waals surface area contributed by atoms with Crippen LogP contribution in [0.15, 0.2) is 4.79 Å². The Balaban J connectivity index is 2.01. The molecule has 20 heavy (non-hydrogen) atoms. The van der Waals surface area contributed by atoms with Gasteiger partial charge < -0.3 is 15.2 Å². The van der Waals surface area contributed by atoms with Gasteiger partial charge in [-0.3, -0.25) is 4.79 Å². The van der Waals surface area contributed by atoms with Gasteiger partial charge in [0.05, 0.1) is 5.56 Å². The molecule has 1 aliphatic heterocycles.